The number of carbonyl (C=O) groups excluding carboxylic acids is 3. The van der Waals surface area contributed by atoms with Crippen LogP contribution in [-0.4, -0.2) is 89.4 Å². The first-order chi connectivity index (χ1) is 23.6. The first-order valence-corrected chi connectivity index (χ1v) is 16.2. The van der Waals surface area contributed by atoms with Crippen LogP contribution in [0.1, 0.15) is 34.6 Å². The van der Waals surface area contributed by atoms with E-state index >= 15 is 0 Å². The zero-order chi connectivity index (χ0) is 36.4. The van der Waals surface area contributed by atoms with E-state index in [0.717, 1.165) is 15.6 Å². The molecule has 4 aromatic rings. The van der Waals surface area contributed by atoms with Gasteiger partial charge in [0.15, 0.2) is 11.5 Å². The number of aryl methyl sites for hydroxylation is 1. The highest BCUT2D eigenvalue weighted by molar-refractivity contribution is 7.90. The Morgan fingerprint density at radius 2 is 1.60 bits per heavy atom. The molecule has 1 saturated heterocycles. The highest BCUT2D eigenvalue weighted by Gasteiger charge is 2.35. The van der Waals surface area contributed by atoms with Crippen molar-refractivity contribution in [2.45, 2.75) is 25.9 Å². The number of amides is 3. The lowest BCUT2D eigenvalue weighted by molar-refractivity contribution is -0.141. The van der Waals surface area contributed by atoms with Crippen molar-refractivity contribution in [3.8, 4) is 34.3 Å². The molecule has 4 heterocycles. The lowest BCUT2D eigenvalue weighted by Gasteiger charge is -2.16. The van der Waals surface area contributed by atoms with Crippen LogP contribution in [0.3, 0.4) is 0 Å². The number of halogens is 3. The Bertz CT molecular complexity index is 2050. The average Bonchev–Trinajstić information content (AvgIpc) is 3.63. The van der Waals surface area contributed by atoms with Gasteiger partial charge in [0.2, 0.25) is 33.7 Å². The number of benzene rings is 1. The summed E-state index contributed by atoms with van der Waals surface area (Å²) < 4.78 is 85.1. The summed E-state index contributed by atoms with van der Waals surface area (Å²) in [5.41, 5.74) is -0.968. The van der Waals surface area contributed by atoms with Crippen molar-refractivity contribution in [3.63, 3.8) is 0 Å². The molecule has 16 nitrogen and oxygen atoms in total. The van der Waals surface area contributed by atoms with E-state index in [-0.39, 0.29) is 52.9 Å². The molecule has 1 aliphatic rings. The van der Waals surface area contributed by atoms with Gasteiger partial charge in [0.05, 0.1) is 27.1 Å². The zero-order valence-corrected chi connectivity index (χ0v) is 27.7. The minimum Gasteiger partial charge on any atom is -0.497 e. The Hall–Kier alpha value is -5.79. The molecule has 1 aromatic carbocycles. The number of pyridine rings is 1. The molecule has 50 heavy (non-hydrogen) atoms. The summed E-state index contributed by atoms with van der Waals surface area (Å²) in [6, 6.07) is 6.85. The number of anilines is 2. The van der Waals surface area contributed by atoms with Crippen LogP contribution in [0.2, 0.25) is 0 Å². The number of nitrogens with zero attached hydrogens (tertiary/aromatic N) is 6. The number of nitrogens with one attached hydrogen (secondary N) is 2. The minimum atomic E-state index is -4.78. The smallest absolute Gasteiger partial charge is 0.435 e. The molecule has 3 aromatic heterocycles. The summed E-state index contributed by atoms with van der Waals surface area (Å²) in [6.07, 6.45) is -2.37. The van der Waals surface area contributed by atoms with Crippen molar-refractivity contribution >= 4 is 39.4 Å². The van der Waals surface area contributed by atoms with E-state index in [2.05, 4.69) is 25.4 Å². The van der Waals surface area contributed by atoms with Crippen molar-refractivity contribution in [2.24, 2.45) is 0 Å². The number of hydrogen-bond donors (Lipinski definition) is 2. The van der Waals surface area contributed by atoms with Gasteiger partial charge in [-0.2, -0.15) is 23.3 Å². The second kappa shape index (κ2) is 14.0. The SMILES string of the molecule is COc1cc(Nc2ncc(-c3cnc(OC)c(C(=O)NS(=O)(=O)CCN4C(=O)CCC4=O)c3)c(-n3nc(C(F)(F)F)cc3C)n2)cc(OC)c1. The number of rotatable bonds is 12. The monoisotopic (exact) mass is 718 g/mol. The average molecular weight is 719 g/mol. The second-order valence-electron chi connectivity index (χ2n) is 10.7. The summed E-state index contributed by atoms with van der Waals surface area (Å²) in [5, 5.41) is 6.67. The summed E-state index contributed by atoms with van der Waals surface area (Å²) in [7, 11) is -0.291. The van der Waals surface area contributed by atoms with E-state index in [0.29, 0.717) is 17.2 Å². The van der Waals surface area contributed by atoms with Crippen molar-refractivity contribution in [2.75, 3.05) is 38.9 Å². The lowest BCUT2D eigenvalue weighted by Crippen LogP contribution is -2.39. The Balaban J connectivity index is 1.53. The predicted molar refractivity (Wildman–Crippen MR) is 169 cm³/mol. The molecule has 3 amide bonds. The van der Waals surface area contributed by atoms with Crippen LogP contribution in [0.4, 0.5) is 24.8 Å². The highest BCUT2D eigenvalue weighted by Crippen LogP contribution is 2.34. The number of ether oxygens (including phenoxy) is 3. The van der Waals surface area contributed by atoms with Crippen LogP contribution in [0.25, 0.3) is 16.9 Å². The summed E-state index contributed by atoms with van der Waals surface area (Å²) >= 11 is 0. The lowest BCUT2D eigenvalue weighted by atomic mass is 10.1. The molecule has 0 atom stereocenters. The Morgan fingerprint density at radius 1 is 0.940 bits per heavy atom. The molecule has 20 heteroatoms. The third kappa shape index (κ3) is 7.74. The maximum absolute atomic E-state index is 13.7. The largest absolute Gasteiger partial charge is 0.497 e. The number of imide groups is 1. The number of sulfonamides is 1. The predicted octanol–water partition coefficient (Wildman–Crippen LogP) is 3.03. The van der Waals surface area contributed by atoms with Crippen LogP contribution in [-0.2, 0) is 25.8 Å². The van der Waals surface area contributed by atoms with E-state index in [9.17, 15) is 36.0 Å². The van der Waals surface area contributed by atoms with Gasteiger partial charge in [-0.15, -0.1) is 0 Å². The maximum atomic E-state index is 13.7. The zero-order valence-electron chi connectivity index (χ0n) is 26.9. The van der Waals surface area contributed by atoms with E-state index in [1.54, 1.807) is 18.2 Å². The Labute approximate surface area is 282 Å². The molecule has 0 unspecified atom stereocenters. The minimum absolute atomic E-state index is 0.0328. The molecule has 0 saturated carbocycles. The second-order valence-corrected chi connectivity index (χ2v) is 12.5. The van der Waals surface area contributed by atoms with E-state index in [4.69, 9.17) is 14.2 Å². The number of likely N-dealkylation sites (tertiary alicyclic amines) is 1. The van der Waals surface area contributed by atoms with Crippen LogP contribution in [0.5, 0.6) is 17.4 Å². The molecule has 0 bridgehead atoms. The first kappa shape index (κ1) is 35.5. The molecule has 0 aliphatic carbocycles. The summed E-state index contributed by atoms with van der Waals surface area (Å²) in [6.45, 7) is 0.926. The number of carbonyl (C=O) groups is 3. The van der Waals surface area contributed by atoms with Crippen molar-refractivity contribution in [1.82, 2.24) is 34.4 Å². The van der Waals surface area contributed by atoms with Gasteiger partial charge in [0.25, 0.3) is 5.91 Å². The fourth-order valence-corrected chi connectivity index (χ4v) is 5.81. The van der Waals surface area contributed by atoms with E-state index in [1.807, 2.05) is 4.72 Å². The molecule has 5 rings (SSSR count). The van der Waals surface area contributed by atoms with E-state index in [1.165, 1.54) is 46.7 Å². The quantitative estimate of drug-likeness (QED) is 0.203. The van der Waals surface area contributed by atoms with Gasteiger partial charge < -0.3 is 19.5 Å². The Kier molecular flexibility index (Phi) is 9.93. The number of hydrogen-bond acceptors (Lipinski definition) is 13. The summed E-state index contributed by atoms with van der Waals surface area (Å²) in [4.78, 5) is 50.7. The van der Waals surface area contributed by atoms with Crippen molar-refractivity contribution < 1.29 is 50.2 Å². The maximum Gasteiger partial charge on any atom is 0.435 e. The van der Waals surface area contributed by atoms with Gasteiger partial charge in [-0.1, -0.05) is 0 Å². The topological polar surface area (TPSA) is 197 Å². The summed E-state index contributed by atoms with van der Waals surface area (Å²) in [5.74, 6) is -2.62. The molecule has 1 aliphatic heterocycles. The molecule has 0 spiro atoms. The normalized spacial score (nSPS) is 13.4. The van der Waals surface area contributed by atoms with E-state index < -0.39 is 51.9 Å². The molecular formula is C30H29F3N8O8S. The fraction of sp³-hybridized carbons (Fsp3) is 0.300. The molecular weight excluding hydrogens is 689 g/mol. The highest BCUT2D eigenvalue weighted by atomic mass is 32.2. The van der Waals surface area contributed by atoms with Crippen LogP contribution >= 0.6 is 0 Å². The standard InChI is InChI=1S/C30H29F3N8O8S/c1-16-9-23(30(31,32)33)38-41(16)26-22(15-35-29(37-26)36-18-11-19(47-2)13-20(12-18)48-3)17-10-21(28(49-4)34-14-17)27(44)39-50(45,46)8-7-40-24(42)5-6-25(40)43/h9-15H,5-8H2,1-4H3,(H,39,44)(H,35,36,37). The van der Waals surface area contributed by atoms with Gasteiger partial charge in [0.1, 0.15) is 17.1 Å². The van der Waals surface area contributed by atoms with Gasteiger partial charge in [0, 0.05) is 72.5 Å². The molecule has 2 N–H and O–H groups in total. The number of aromatic nitrogens is 5. The first-order valence-electron chi connectivity index (χ1n) is 14.6. The molecule has 264 valence electrons. The fourth-order valence-electron chi connectivity index (χ4n) is 4.89. The number of alkyl halides is 3. The third-order valence-corrected chi connectivity index (χ3v) is 8.56. The third-order valence-electron chi connectivity index (χ3n) is 7.34. The Morgan fingerprint density at radius 3 is 2.18 bits per heavy atom. The molecule has 0 radical (unpaired) electrons. The molecule has 1 fully saturated rings. The van der Waals surface area contributed by atoms with Gasteiger partial charge in [-0.05, 0) is 19.1 Å². The van der Waals surface area contributed by atoms with Gasteiger partial charge in [-0.25, -0.2) is 27.8 Å². The number of methoxy groups -OCH3 is 3. The van der Waals surface area contributed by atoms with Crippen LogP contribution in [0, 0.1) is 6.92 Å². The van der Waals surface area contributed by atoms with Crippen molar-refractivity contribution in [3.05, 3.63) is 59.7 Å². The van der Waals surface area contributed by atoms with Crippen LogP contribution < -0.4 is 24.2 Å². The van der Waals surface area contributed by atoms with Crippen LogP contribution in [0.15, 0.2) is 42.7 Å². The van der Waals surface area contributed by atoms with Gasteiger partial charge in [-0.3, -0.25) is 19.3 Å². The van der Waals surface area contributed by atoms with Crippen molar-refractivity contribution in [1.29, 1.82) is 0 Å². The van der Waals surface area contributed by atoms with Gasteiger partial charge >= 0.3 is 6.18 Å².